The van der Waals surface area contributed by atoms with Crippen LogP contribution in [-0.4, -0.2) is 64.1 Å². The Labute approximate surface area is 147 Å². The topological polar surface area (TPSA) is 70.5 Å². The minimum atomic E-state index is -0.227. The molecule has 0 atom stereocenters. The minimum Gasteiger partial charge on any atom is -0.336 e. The van der Waals surface area contributed by atoms with Gasteiger partial charge in [-0.3, -0.25) is 14.3 Å². The maximum absolute atomic E-state index is 12.6. The van der Waals surface area contributed by atoms with Crippen molar-refractivity contribution in [1.82, 2.24) is 19.6 Å². The lowest BCUT2D eigenvalue weighted by molar-refractivity contribution is 0.0643. The van der Waals surface area contributed by atoms with Crippen LogP contribution in [0.3, 0.4) is 0 Å². The van der Waals surface area contributed by atoms with Crippen LogP contribution in [0.4, 0.5) is 5.69 Å². The number of nitrogens with one attached hydrogen (secondary N) is 1. The van der Waals surface area contributed by atoms with Crippen LogP contribution in [0, 0.1) is 0 Å². The third-order valence-corrected chi connectivity index (χ3v) is 4.55. The molecule has 1 aromatic carbocycles. The van der Waals surface area contributed by atoms with Crippen molar-refractivity contribution in [3.63, 3.8) is 0 Å². The lowest BCUT2D eigenvalue weighted by Gasteiger charge is -2.34. The minimum absolute atomic E-state index is 0.0419. The van der Waals surface area contributed by atoms with E-state index in [4.69, 9.17) is 0 Å². The van der Waals surface area contributed by atoms with Gasteiger partial charge >= 0.3 is 0 Å². The summed E-state index contributed by atoms with van der Waals surface area (Å²) in [5.74, 6) is -0.185. The maximum Gasteiger partial charge on any atom is 0.273 e. The molecule has 1 aliphatic rings. The van der Waals surface area contributed by atoms with E-state index in [9.17, 15) is 9.59 Å². The number of hydrogen-bond acceptors (Lipinski definition) is 4. The molecular formula is C18H23N5O2. The third kappa shape index (κ3) is 3.88. The standard InChI is InChI=1S/C18H23N5O2/c1-3-22-10-12-23(13-11-22)18(25)14-4-6-15(7-5-14)20-17(24)16-8-9-19-21(16)2/h4-9H,3,10-13H2,1-2H3,(H,20,24). The van der Waals surface area contributed by atoms with Gasteiger partial charge in [-0.2, -0.15) is 5.10 Å². The van der Waals surface area contributed by atoms with Crippen LogP contribution in [0.25, 0.3) is 0 Å². The van der Waals surface area contributed by atoms with Crippen LogP contribution in [0.1, 0.15) is 27.8 Å². The second-order valence-corrected chi connectivity index (χ2v) is 6.10. The van der Waals surface area contributed by atoms with Gasteiger partial charge in [-0.25, -0.2) is 0 Å². The Balaban J connectivity index is 1.61. The Bertz CT molecular complexity index is 745. The lowest BCUT2D eigenvalue weighted by Crippen LogP contribution is -2.48. The van der Waals surface area contributed by atoms with Gasteiger partial charge < -0.3 is 15.1 Å². The molecule has 25 heavy (non-hydrogen) atoms. The molecule has 0 spiro atoms. The van der Waals surface area contributed by atoms with E-state index in [1.54, 1.807) is 43.6 Å². The summed E-state index contributed by atoms with van der Waals surface area (Å²) in [5, 5.41) is 6.79. The fourth-order valence-corrected chi connectivity index (χ4v) is 2.94. The Morgan fingerprint density at radius 3 is 2.32 bits per heavy atom. The Morgan fingerprint density at radius 1 is 1.08 bits per heavy atom. The van der Waals surface area contributed by atoms with Gasteiger partial charge in [0, 0.05) is 50.7 Å². The SMILES string of the molecule is CCN1CCN(C(=O)c2ccc(NC(=O)c3ccnn3C)cc2)CC1. The van der Waals surface area contributed by atoms with Crippen molar-refractivity contribution in [3.05, 3.63) is 47.8 Å². The number of benzene rings is 1. The molecular weight excluding hydrogens is 318 g/mol. The number of hydrogen-bond donors (Lipinski definition) is 1. The molecule has 3 rings (SSSR count). The molecule has 1 fully saturated rings. The number of anilines is 1. The molecule has 0 radical (unpaired) electrons. The quantitative estimate of drug-likeness (QED) is 0.914. The monoisotopic (exact) mass is 341 g/mol. The van der Waals surface area contributed by atoms with Crippen LogP contribution < -0.4 is 5.32 Å². The van der Waals surface area contributed by atoms with E-state index in [2.05, 4.69) is 22.2 Å². The summed E-state index contributed by atoms with van der Waals surface area (Å²) in [7, 11) is 1.72. The van der Waals surface area contributed by atoms with Gasteiger partial charge in [0.15, 0.2) is 0 Å². The molecule has 2 aromatic rings. The van der Waals surface area contributed by atoms with Crippen LogP contribution in [0.5, 0.6) is 0 Å². The van der Waals surface area contributed by atoms with Crippen molar-refractivity contribution >= 4 is 17.5 Å². The summed E-state index contributed by atoms with van der Waals surface area (Å²) < 4.78 is 1.52. The first-order valence-corrected chi connectivity index (χ1v) is 8.49. The van der Waals surface area contributed by atoms with Crippen molar-refractivity contribution < 1.29 is 9.59 Å². The van der Waals surface area contributed by atoms with E-state index in [1.165, 1.54) is 4.68 Å². The van der Waals surface area contributed by atoms with Gasteiger partial charge in [-0.15, -0.1) is 0 Å². The van der Waals surface area contributed by atoms with Gasteiger partial charge in [-0.1, -0.05) is 6.92 Å². The average Bonchev–Trinajstić information content (AvgIpc) is 3.08. The van der Waals surface area contributed by atoms with Crippen LogP contribution in [0.2, 0.25) is 0 Å². The zero-order valence-corrected chi connectivity index (χ0v) is 14.6. The summed E-state index contributed by atoms with van der Waals surface area (Å²) in [6.07, 6.45) is 1.58. The highest BCUT2D eigenvalue weighted by molar-refractivity contribution is 6.03. The number of piperazine rings is 1. The largest absolute Gasteiger partial charge is 0.336 e. The first-order chi connectivity index (χ1) is 12.1. The highest BCUT2D eigenvalue weighted by atomic mass is 16.2. The number of rotatable bonds is 4. The summed E-state index contributed by atoms with van der Waals surface area (Å²) >= 11 is 0. The molecule has 2 amide bonds. The highest BCUT2D eigenvalue weighted by Gasteiger charge is 2.21. The van der Waals surface area contributed by atoms with Crippen LogP contribution >= 0.6 is 0 Å². The molecule has 132 valence electrons. The predicted molar refractivity (Wildman–Crippen MR) is 95.6 cm³/mol. The van der Waals surface area contributed by atoms with Gasteiger partial charge in [0.1, 0.15) is 5.69 Å². The molecule has 1 saturated heterocycles. The van der Waals surface area contributed by atoms with E-state index < -0.39 is 0 Å². The fourth-order valence-electron chi connectivity index (χ4n) is 2.94. The lowest BCUT2D eigenvalue weighted by atomic mass is 10.1. The number of likely N-dealkylation sites (N-methyl/N-ethyl adjacent to an activating group) is 1. The molecule has 1 N–H and O–H groups in total. The fraction of sp³-hybridized carbons (Fsp3) is 0.389. The zero-order chi connectivity index (χ0) is 17.8. The Hall–Kier alpha value is -2.67. The maximum atomic E-state index is 12.6. The van der Waals surface area contributed by atoms with Crippen molar-refractivity contribution in [2.45, 2.75) is 6.92 Å². The van der Waals surface area contributed by atoms with Gasteiger partial charge in [0.2, 0.25) is 0 Å². The molecule has 7 heteroatoms. The molecule has 0 aliphatic carbocycles. The van der Waals surface area contributed by atoms with Gasteiger partial charge in [-0.05, 0) is 36.9 Å². The molecule has 0 bridgehead atoms. The molecule has 7 nitrogen and oxygen atoms in total. The van der Waals surface area contributed by atoms with E-state index in [0.717, 1.165) is 32.7 Å². The number of aromatic nitrogens is 2. The Morgan fingerprint density at radius 2 is 1.76 bits per heavy atom. The summed E-state index contributed by atoms with van der Waals surface area (Å²) in [6, 6.07) is 8.68. The molecule has 0 unspecified atom stereocenters. The predicted octanol–water partition coefficient (Wildman–Crippen LogP) is 1.45. The van der Waals surface area contributed by atoms with E-state index >= 15 is 0 Å². The second kappa shape index (κ2) is 7.48. The first-order valence-electron chi connectivity index (χ1n) is 8.49. The van der Waals surface area contributed by atoms with Gasteiger partial charge in [0.05, 0.1) is 0 Å². The van der Waals surface area contributed by atoms with Crippen LogP contribution in [-0.2, 0) is 7.05 Å². The molecule has 2 heterocycles. The number of amides is 2. The van der Waals surface area contributed by atoms with E-state index in [1.807, 2.05) is 4.90 Å². The van der Waals surface area contributed by atoms with Crippen molar-refractivity contribution in [2.24, 2.45) is 7.05 Å². The summed E-state index contributed by atoms with van der Waals surface area (Å²) in [6.45, 7) is 6.50. The zero-order valence-electron chi connectivity index (χ0n) is 14.6. The van der Waals surface area contributed by atoms with Crippen molar-refractivity contribution in [1.29, 1.82) is 0 Å². The first kappa shape index (κ1) is 17.2. The third-order valence-electron chi connectivity index (χ3n) is 4.55. The van der Waals surface area contributed by atoms with Gasteiger partial charge in [0.25, 0.3) is 11.8 Å². The number of carbonyl (C=O) groups is 2. The number of aryl methyl sites for hydroxylation is 1. The van der Waals surface area contributed by atoms with E-state index in [-0.39, 0.29) is 11.8 Å². The van der Waals surface area contributed by atoms with Crippen molar-refractivity contribution in [3.8, 4) is 0 Å². The molecule has 0 saturated carbocycles. The van der Waals surface area contributed by atoms with Crippen molar-refractivity contribution in [2.75, 3.05) is 38.0 Å². The summed E-state index contributed by atoms with van der Waals surface area (Å²) in [5.41, 5.74) is 1.77. The smallest absolute Gasteiger partial charge is 0.273 e. The average molecular weight is 341 g/mol. The molecule has 1 aromatic heterocycles. The molecule has 1 aliphatic heterocycles. The van der Waals surface area contributed by atoms with E-state index in [0.29, 0.717) is 16.9 Å². The number of carbonyl (C=O) groups excluding carboxylic acids is 2. The van der Waals surface area contributed by atoms with Crippen LogP contribution in [0.15, 0.2) is 36.5 Å². The number of nitrogens with zero attached hydrogens (tertiary/aromatic N) is 4. The summed E-state index contributed by atoms with van der Waals surface area (Å²) in [4.78, 5) is 29.0. The highest BCUT2D eigenvalue weighted by Crippen LogP contribution is 2.14. The Kier molecular flexibility index (Phi) is 5.14. The normalized spacial score (nSPS) is 15.2. The second-order valence-electron chi connectivity index (χ2n) is 6.10.